The maximum Gasteiger partial charge on any atom is 0.553 e. The van der Waals surface area contributed by atoms with Crippen LogP contribution in [0.1, 0.15) is 0 Å². The van der Waals surface area contributed by atoms with Crippen molar-refractivity contribution in [2.45, 2.75) is 0 Å². The third-order valence-electron chi connectivity index (χ3n) is 2.00. The molecule has 6 aliphatic rings. The average Bonchev–Trinajstić information content (AvgIpc) is 2.18. The molecule has 0 saturated carbocycles. The maximum absolute atomic E-state index is 5.57. The van der Waals surface area contributed by atoms with Gasteiger partial charge in [0.2, 0.25) is 0 Å². The van der Waals surface area contributed by atoms with Gasteiger partial charge in [-0.2, -0.15) is 0 Å². The molecule has 29 heavy (non-hydrogen) atoms. The van der Waals surface area contributed by atoms with Crippen LogP contribution in [0.25, 0.3) is 0 Å². The Bertz CT molecular complexity index is 269. The number of rotatable bonds is 0. The summed E-state index contributed by atoms with van der Waals surface area (Å²) >= 11 is 0. The molecule has 6 heterocycles. The van der Waals surface area contributed by atoms with Crippen molar-refractivity contribution in [3.05, 3.63) is 0 Å². The molecular formula is FO12Rf8Si8-. The van der Waals surface area contributed by atoms with Crippen LogP contribution in [-0.4, -0.2) is 76.2 Å². The van der Waals surface area contributed by atoms with Crippen LogP contribution in [0.4, 0.5) is 0 Å². The minimum atomic E-state index is -2.18. The number of hydrogen-bond donors (Lipinski definition) is 0. The van der Waals surface area contributed by atoms with Gasteiger partial charge in [0.05, 0.1) is 0 Å². The molecular weight excluding hydrogens is 2570 g/mol. The van der Waals surface area contributed by atoms with Crippen molar-refractivity contribution < 1.29 is 54.1 Å². The first-order chi connectivity index (χ1) is 9.80. The molecule has 6 saturated heterocycles. The van der Waals surface area contributed by atoms with E-state index in [0.29, 0.717) is 0 Å². The zero-order chi connectivity index (χ0) is 13.1. The van der Waals surface area contributed by atoms with Crippen LogP contribution in [0, 0.1) is 0 Å². The van der Waals surface area contributed by atoms with Crippen molar-refractivity contribution in [1.82, 2.24) is 0 Å². The van der Waals surface area contributed by atoms with E-state index in [4.69, 9.17) is 49.4 Å². The molecule has 12 nitrogen and oxygen atoms in total. The molecule has 8 bridgehead atoms. The summed E-state index contributed by atoms with van der Waals surface area (Å²) in [6, 6.07) is 0. The van der Waals surface area contributed by atoms with Gasteiger partial charge in [0.1, 0.15) is 0 Å². The van der Waals surface area contributed by atoms with E-state index < -0.39 is 76.2 Å². The van der Waals surface area contributed by atoms with Crippen LogP contribution in [-0.2, 0) is 49.4 Å². The average molecular weight is 2570 g/mol. The fourth-order valence-corrected chi connectivity index (χ4v) is 20.8. The van der Waals surface area contributed by atoms with Gasteiger partial charge < -0.3 is 54.1 Å². The molecule has 0 N–H and O–H groups in total. The molecule has 0 spiro atoms. The second-order valence-electron chi connectivity index (χ2n) is 3.22. The topological polar surface area (TPSA) is 111 Å². The number of hydrogen-bond acceptors (Lipinski definition) is 12. The van der Waals surface area contributed by atoms with Gasteiger partial charge in [-0.15, -0.1) is 0 Å². The third kappa shape index (κ3) is 4.60. The fraction of sp³-hybridized carbons (Fsp3) is 0. The molecule has 0 atom stereocenters. The van der Waals surface area contributed by atoms with E-state index in [1.165, 1.54) is 0 Å². The predicted molar refractivity (Wildman–Crippen MR) is 59.1 cm³/mol. The Labute approximate surface area is 130 Å². The van der Waals surface area contributed by atoms with E-state index in [1.807, 2.05) is 0 Å². The monoisotopic (exact) mass is 2570 g/mol. The Morgan fingerprint density at radius 3 is 0.345 bits per heavy atom. The van der Waals surface area contributed by atoms with Gasteiger partial charge in [-0.1, -0.05) is 0 Å². The molecule has 29 heteroatoms. The summed E-state index contributed by atoms with van der Waals surface area (Å²) in [7, 11) is -17.5. The van der Waals surface area contributed by atoms with E-state index >= 15 is 0 Å². The summed E-state index contributed by atoms with van der Waals surface area (Å²) in [5.74, 6) is 0. The summed E-state index contributed by atoms with van der Waals surface area (Å²) in [4.78, 5) is 0. The Hall–Kier alpha value is -6.81. The Kier molecular flexibility index (Phi) is 11.8. The minimum absolute atomic E-state index is 0. The molecule has 8 radical (unpaired) electrons. The van der Waals surface area contributed by atoms with Gasteiger partial charge in [0.15, 0.2) is 0 Å². The van der Waals surface area contributed by atoms with Crippen LogP contribution >= 0.6 is 0 Å². The Balaban J connectivity index is -0.000000213. The first-order valence-corrected chi connectivity index (χ1v) is 14.7. The molecule has 0 aliphatic carbocycles. The molecule has 6 rings (SSSR count). The van der Waals surface area contributed by atoms with Gasteiger partial charge >= 0.3 is 76.2 Å². The molecule has 128 valence electrons. The summed E-state index contributed by atoms with van der Waals surface area (Å²) < 4.78 is 66.9. The summed E-state index contributed by atoms with van der Waals surface area (Å²) in [6.07, 6.45) is 0. The smallest absolute Gasteiger partial charge is 0.553 e. The molecule has 0 amide bonds. The van der Waals surface area contributed by atoms with E-state index in [1.54, 1.807) is 0 Å². The second-order valence-corrected chi connectivity index (χ2v) is 17.0. The fourth-order valence-electron chi connectivity index (χ4n) is 1.32. The van der Waals surface area contributed by atoms with Crippen LogP contribution < -0.4 is 4.70 Å². The van der Waals surface area contributed by atoms with Gasteiger partial charge in [0, 0.05) is 0 Å². The molecule has 0 aromatic carbocycles. The normalized spacial score (nSPS) is 24.8. The van der Waals surface area contributed by atoms with Gasteiger partial charge in [-0.25, -0.2) is 0 Å². The van der Waals surface area contributed by atoms with Gasteiger partial charge in [-0.3, -0.25) is 0 Å². The molecule has 6 aliphatic heterocycles. The van der Waals surface area contributed by atoms with E-state index in [9.17, 15) is 0 Å². The SMILES string of the molecule is O1[Si]2O[Si]3O[Si]4O[Si]1O[Si]1O[Si](O2)O[Si](O3)O[Si](O4)O1.[F-].[Rf].[Rf].[Rf].[Rf].[Rf].[Rf].[Rf].[Rf]. The van der Waals surface area contributed by atoms with Crippen LogP contribution in [0.5, 0.6) is 0 Å². The molecule has 6 fully saturated rings. The quantitative estimate of drug-likeness (QED) is 0.216. The largest absolute Gasteiger partial charge is 1.00 e. The number of halogens is 1. The van der Waals surface area contributed by atoms with Crippen molar-refractivity contribution >= 4 is 76.2 Å². The standard InChI is InChI=1S/FH.O12Si8.8Rf/c;1-13-2-15-6-17-4-14(1)5-18-7-16(3-13)9-19(8-15)12-20(10-17)11-18;;;;;;;;/h1H;;;;;;;;;/p-1. The van der Waals surface area contributed by atoms with Crippen molar-refractivity contribution in [2.24, 2.45) is 0 Å². The van der Waals surface area contributed by atoms with Crippen molar-refractivity contribution in [2.75, 3.05) is 0 Å². The zero-order valence-corrected chi connectivity index (χ0v) is 74.1. The summed E-state index contributed by atoms with van der Waals surface area (Å²) in [5, 5.41) is 0. The third-order valence-corrected chi connectivity index (χ3v) is 18.0. The Morgan fingerprint density at radius 1 is 0.207 bits per heavy atom. The van der Waals surface area contributed by atoms with Crippen LogP contribution in [0.2, 0.25) is 0 Å². The summed E-state index contributed by atoms with van der Waals surface area (Å²) in [5.41, 5.74) is 0. The molecule has 0 aromatic rings. The predicted octanol–water partition coefficient (Wildman–Crippen LogP) is -6.86. The Morgan fingerprint density at radius 2 is 0.276 bits per heavy atom. The van der Waals surface area contributed by atoms with Crippen LogP contribution in [0.3, 0.4) is 0 Å². The molecule has 0 unspecified atom stereocenters. The van der Waals surface area contributed by atoms with Gasteiger partial charge in [0.25, 0.3) is 0 Å². The van der Waals surface area contributed by atoms with Crippen LogP contribution in [0.15, 0.2) is 0 Å². The van der Waals surface area contributed by atoms with E-state index in [2.05, 4.69) is 0 Å². The van der Waals surface area contributed by atoms with Gasteiger partial charge in [-0.05, 0) is 0 Å². The zero-order valence-electron chi connectivity index (χ0n) is 14.9. The maximum atomic E-state index is 5.57. The first kappa shape index (κ1) is 33.7. The van der Waals surface area contributed by atoms with Crippen molar-refractivity contribution in [3.8, 4) is 0 Å². The second kappa shape index (κ2) is 10.1. The van der Waals surface area contributed by atoms with E-state index in [0.717, 1.165) is 0 Å². The van der Waals surface area contributed by atoms with Crippen molar-refractivity contribution in [1.29, 1.82) is 0 Å². The van der Waals surface area contributed by atoms with E-state index in [-0.39, 0.29) is 4.70 Å². The first-order valence-electron chi connectivity index (χ1n) is 4.90. The summed E-state index contributed by atoms with van der Waals surface area (Å²) in [6.45, 7) is 0. The minimum Gasteiger partial charge on any atom is -1.00 e. The van der Waals surface area contributed by atoms with Crippen molar-refractivity contribution in [3.63, 3.8) is 0 Å². The molecule has 0 aromatic heterocycles.